The van der Waals surface area contributed by atoms with Crippen LogP contribution in [0.5, 0.6) is 0 Å². The fraction of sp³-hybridized carbons (Fsp3) is 0.182. The van der Waals surface area contributed by atoms with E-state index in [4.69, 9.17) is 5.73 Å². The molecule has 2 atom stereocenters. The molecule has 30 heavy (non-hydrogen) atoms. The van der Waals surface area contributed by atoms with Gasteiger partial charge in [0.2, 0.25) is 0 Å². The van der Waals surface area contributed by atoms with Crippen LogP contribution in [0.3, 0.4) is 0 Å². The number of benzene rings is 1. The van der Waals surface area contributed by atoms with Crippen LogP contribution in [0.1, 0.15) is 18.2 Å². The standard InChI is InChI=1S/C22H22N8/c1-14(29-22-19-21(26-12-25-19)27-13-28-22)17-10-15-6-2-3-8-18(15)30(20(17)23)11-16-7-4-5-9-24-16/h2-10,12-14,20H,11,23H2,1H3,(H2,25,26,27,28,29). The summed E-state index contributed by atoms with van der Waals surface area (Å²) in [7, 11) is 0. The highest BCUT2D eigenvalue weighted by atomic mass is 15.2. The summed E-state index contributed by atoms with van der Waals surface area (Å²) in [5, 5.41) is 3.47. The molecule has 4 N–H and O–H groups in total. The summed E-state index contributed by atoms with van der Waals surface area (Å²) in [5.74, 6) is 0.702. The molecule has 0 aliphatic carbocycles. The highest BCUT2D eigenvalue weighted by Gasteiger charge is 2.29. The van der Waals surface area contributed by atoms with Crippen molar-refractivity contribution < 1.29 is 0 Å². The predicted molar refractivity (Wildman–Crippen MR) is 118 cm³/mol. The number of hydrogen-bond donors (Lipinski definition) is 3. The average Bonchev–Trinajstić information content (AvgIpc) is 3.26. The third-order valence-corrected chi connectivity index (χ3v) is 5.38. The summed E-state index contributed by atoms with van der Waals surface area (Å²) in [5.41, 5.74) is 12.4. The van der Waals surface area contributed by atoms with Gasteiger partial charge in [-0.1, -0.05) is 24.3 Å². The Bertz CT molecular complexity index is 1200. The molecule has 150 valence electrons. The Morgan fingerprint density at radius 3 is 2.83 bits per heavy atom. The lowest BCUT2D eigenvalue weighted by Crippen LogP contribution is -2.48. The van der Waals surface area contributed by atoms with Crippen LogP contribution in [0.15, 0.2) is 66.9 Å². The fourth-order valence-corrected chi connectivity index (χ4v) is 3.86. The minimum Gasteiger partial charge on any atom is -0.362 e. The van der Waals surface area contributed by atoms with Gasteiger partial charge >= 0.3 is 0 Å². The Kier molecular flexibility index (Phi) is 4.61. The molecule has 0 fully saturated rings. The van der Waals surface area contributed by atoms with Crippen molar-refractivity contribution in [3.05, 3.63) is 78.1 Å². The van der Waals surface area contributed by atoms with E-state index in [2.05, 4.69) is 60.3 Å². The normalized spacial score (nSPS) is 16.8. The Hall–Kier alpha value is -3.78. The van der Waals surface area contributed by atoms with Crippen molar-refractivity contribution >= 4 is 28.7 Å². The molecule has 8 nitrogen and oxygen atoms in total. The Morgan fingerprint density at radius 2 is 1.97 bits per heavy atom. The summed E-state index contributed by atoms with van der Waals surface area (Å²) in [6.07, 6.45) is 6.80. The highest BCUT2D eigenvalue weighted by molar-refractivity contribution is 5.83. The van der Waals surface area contributed by atoms with Crippen molar-refractivity contribution in [3.63, 3.8) is 0 Å². The van der Waals surface area contributed by atoms with Gasteiger partial charge in [0.25, 0.3) is 0 Å². The van der Waals surface area contributed by atoms with E-state index < -0.39 is 0 Å². The summed E-state index contributed by atoms with van der Waals surface area (Å²) in [6.45, 7) is 2.71. The predicted octanol–water partition coefficient (Wildman–Crippen LogP) is 2.94. The number of aromatic amines is 1. The van der Waals surface area contributed by atoms with Crippen molar-refractivity contribution in [3.8, 4) is 0 Å². The van der Waals surface area contributed by atoms with E-state index in [-0.39, 0.29) is 12.2 Å². The number of imidazole rings is 1. The number of hydrogen-bond acceptors (Lipinski definition) is 7. The van der Waals surface area contributed by atoms with E-state index in [0.717, 1.165) is 28.0 Å². The molecule has 1 aromatic carbocycles. The molecule has 0 radical (unpaired) electrons. The third-order valence-electron chi connectivity index (χ3n) is 5.38. The van der Waals surface area contributed by atoms with Gasteiger partial charge in [0.05, 0.1) is 18.6 Å². The molecule has 0 spiro atoms. The van der Waals surface area contributed by atoms with Crippen molar-refractivity contribution in [1.82, 2.24) is 24.9 Å². The first-order valence-corrected chi connectivity index (χ1v) is 9.84. The lowest BCUT2D eigenvalue weighted by Gasteiger charge is -2.39. The van der Waals surface area contributed by atoms with Gasteiger partial charge in [-0.15, -0.1) is 0 Å². The molecule has 3 aromatic heterocycles. The minimum atomic E-state index is -0.302. The van der Waals surface area contributed by atoms with E-state index in [1.807, 2.05) is 36.5 Å². The van der Waals surface area contributed by atoms with E-state index >= 15 is 0 Å². The smallest absolute Gasteiger partial charge is 0.182 e. The summed E-state index contributed by atoms with van der Waals surface area (Å²) in [4.78, 5) is 22.5. The molecule has 0 amide bonds. The van der Waals surface area contributed by atoms with E-state index in [0.29, 0.717) is 18.0 Å². The molecule has 2 unspecified atom stereocenters. The summed E-state index contributed by atoms with van der Waals surface area (Å²) >= 11 is 0. The van der Waals surface area contributed by atoms with Gasteiger partial charge in [-0.3, -0.25) is 4.98 Å². The number of rotatable bonds is 5. The SMILES string of the molecule is CC(Nc1ncnc2nc[nH]c12)C1=Cc2ccccc2N(Cc2ccccn2)C1N. The molecule has 1 aliphatic heterocycles. The monoisotopic (exact) mass is 398 g/mol. The highest BCUT2D eigenvalue weighted by Crippen LogP contribution is 2.34. The van der Waals surface area contributed by atoms with Crippen molar-refractivity contribution in [1.29, 1.82) is 0 Å². The van der Waals surface area contributed by atoms with Gasteiger partial charge in [0.15, 0.2) is 11.5 Å². The first-order valence-electron chi connectivity index (χ1n) is 9.84. The lowest BCUT2D eigenvalue weighted by molar-refractivity contribution is 0.634. The van der Waals surface area contributed by atoms with Crippen LogP contribution in [0.2, 0.25) is 0 Å². The minimum absolute atomic E-state index is 0.0546. The number of H-pyrrole nitrogens is 1. The van der Waals surface area contributed by atoms with Gasteiger partial charge in [0.1, 0.15) is 18.0 Å². The number of nitrogens with one attached hydrogen (secondary N) is 2. The van der Waals surface area contributed by atoms with Crippen LogP contribution in [0, 0.1) is 0 Å². The van der Waals surface area contributed by atoms with Gasteiger partial charge in [0, 0.05) is 17.9 Å². The number of fused-ring (bicyclic) bond motifs is 2. The largest absolute Gasteiger partial charge is 0.362 e. The summed E-state index contributed by atoms with van der Waals surface area (Å²) in [6, 6.07) is 14.2. The molecule has 8 heteroatoms. The lowest BCUT2D eigenvalue weighted by atomic mass is 9.95. The topological polar surface area (TPSA) is 109 Å². The van der Waals surface area contributed by atoms with E-state index in [1.165, 1.54) is 6.33 Å². The molecule has 4 heterocycles. The zero-order chi connectivity index (χ0) is 20.5. The van der Waals surface area contributed by atoms with Gasteiger partial charge < -0.3 is 20.9 Å². The second-order valence-electron chi connectivity index (χ2n) is 7.29. The van der Waals surface area contributed by atoms with Gasteiger partial charge in [-0.2, -0.15) is 0 Å². The molecule has 0 bridgehead atoms. The van der Waals surface area contributed by atoms with E-state index in [1.54, 1.807) is 6.33 Å². The summed E-state index contributed by atoms with van der Waals surface area (Å²) < 4.78 is 0. The Labute approximate surface area is 173 Å². The maximum atomic E-state index is 6.77. The van der Waals surface area contributed by atoms with Gasteiger partial charge in [-0.25, -0.2) is 15.0 Å². The van der Waals surface area contributed by atoms with Crippen molar-refractivity contribution in [2.75, 3.05) is 10.2 Å². The average molecular weight is 398 g/mol. The molecule has 4 aromatic rings. The first kappa shape index (κ1) is 18.3. The number of nitrogens with zero attached hydrogens (tertiary/aromatic N) is 5. The van der Waals surface area contributed by atoms with Crippen LogP contribution < -0.4 is 16.0 Å². The molecule has 5 rings (SSSR count). The van der Waals surface area contributed by atoms with Crippen LogP contribution in [0.4, 0.5) is 11.5 Å². The van der Waals surface area contributed by atoms with Crippen molar-refractivity contribution in [2.24, 2.45) is 5.73 Å². The number of nitrogens with two attached hydrogens (primary N) is 1. The number of aromatic nitrogens is 5. The molecule has 1 aliphatic rings. The second kappa shape index (κ2) is 7.57. The third kappa shape index (κ3) is 3.27. The molecular formula is C22H22N8. The molecule has 0 saturated carbocycles. The van der Waals surface area contributed by atoms with E-state index in [9.17, 15) is 0 Å². The number of pyridine rings is 1. The van der Waals surface area contributed by atoms with Crippen molar-refractivity contribution in [2.45, 2.75) is 25.7 Å². The second-order valence-corrected chi connectivity index (χ2v) is 7.29. The Balaban J connectivity index is 1.48. The zero-order valence-corrected chi connectivity index (χ0v) is 16.5. The fourth-order valence-electron chi connectivity index (χ4n) is 3.86. The van der Waals surface area contributed by atoms with Crippen LogP contribution >= 0.6 is 0 Å². The molecular weight excluding hydrogens is 376 g/mol. The van der Waals surface area contributed by atoms with Gasteiger partial charge in [-0.05, 0) is 42.3 Å². The number of anilines is 2. The Morgan fingerprint density at radius 1 is 1.10 bits per heavy atom. The molecule has 0 saturated heterocycles. The van der Waals surface area contributed by atoms with Crippen LogP contribution in [-0.2, 0) is 6.54 Å². The zero-order valence-electron chi connectivity index (χ0n) is 16.5. The maximum absolute atomic E-state index is 6.77. The van der Waals surface area contributed by atoms with Crippen LogP contribution in [-0.4, -0.2) is 37.1 Å². The maximum Gasteiger partial charge on any atom is 0.182 e. The quantitative estimate of drug-likeness (QED) is 0.474. The number of para-hydroxylation sites is 1. The van der Waals surface area contributed by atoms with Crippen LogP contribution in [0.25, 0.3) is 17.2 Å². The first-order chi connectivity index (χ1) is 14.7.